The molecule has 0 bridgehead atoms. The minimum Gasteiger partial charge on any atom is -0.329 e. The van der Waals surface area contributed by atoms with Crippen LogP contribution in [0.5, 0.6) is 0 Å². The summed E-state index contributed by atoms with van der Waals surface area (Å²) in [6, 6.07) is 0.187. The highest BCUT2D eigenvalue weighted by atomic mass is 32.2. The molecule has 0 saturated carbocycles. The third kappa shape index (κ3) is 2.46. The second kappa shape index (κ2) is 4.59. The van der Waals surface area contributed by atoms with Crippen LogP contribution in [-0.4, -0.2) is 37.6 Å². The average Bonchev–Trinajstić information content (AvgIpc) is 2.51. The van der Waals surface area contributed by atoms with Crippen molar-refractivity contribution in [1.82, 2.24) is 4.31 Å². The molecule has 1 aliphatic heterocycles. The van der Waals surface area contributed by atoms with Gasteiger partial charge in [0.1, 0.15) is 0 Å². The largest absolute Gasteiger partial charge is 0.329 e. The number of hydrogen-bond donors (Lipinski definition) is 1. The predicted octanol–water partition coefficient (Wildman–Crippen LogP) is 0.395. The molecule has 14 heavy (non-hydrogen) atoms. The van der Waals surface area contributed by atoms with Crippen molar-refractivity contribution in [2.24, 2.45) is 11.7 Å². The van der Waals surface area contributed by atoms with Crippen LogP contribution in [-0.2, 0) is 10.0 Å². The van der Waals surface area contributed by atoms with Gasteiger partial charge in [0.25, 0.3) is 0 Å². The predicted molar refractivity (Wildman–Crippen MR) is 57.4 cm³/mol. The van der Waals surface area contributed by atoms with Gasteiger partial charge in [-0.3, -0.25) is 0 Å². The van der Waals surface area contributed by atoms with Gasteiger partial charge >= 0.3 is 0 Å². The molecule has 0 aromatic heterocycles. The van der Waals surface area contributed by atoms with E-state index in [2.05, 4.69) is 13.8 Å². The number of nitrogens with two attached hydrogens (primary N) is 1. The van der Waals surface area contributed by atoms with Crippen molar-refractivity contribution in [3.05, 3.63) is 0 Å². The lowest BCUT2D eigenvalue weighted by atomic mass is 10.0. The smallest absolute Gasteiger partial charge is 0.215 e. The van der Waals surface area contributed by atoms with E-state index in [1.165, 1.54) is 0 Å². The molecule has 1 unspecified atom stereocenters. The zero-order chi connectivity index (χ0) is 10.8. The maximum Gasteiger partial charge on any atom is 0.215 e. The molecule has 1 fully saturated rings. The van der Waals surface area contributed by atoms with Crippen molar-refractivity contribution in [2.75, 3.05) is 18.8 Å². The molecular weight excluding hydrogens is 200 g/mol. The molecule has 0 aromatic carbocycles. The minimum absolute atomic E-state index is 0.0796. The minimum atomic E-state index is -3.10. The first-order valence-corrected chi connectivity index (χ1v) is 6.79. The van der Waals surface area contributed by atoms with E-state index in [1.807, 2.05) is 0 Å². The number of nitrogens with zero attached hydrogens (tertiary/aromatic N) is 1. The van der Waals surface area contributed by atoms with E-state index < -0.39 is 10.0 Å². The standard InChI is InChI=1S/C9H20N2O2S/c1-8(2)9-4-3-6-11(9)14(12,13)7-5-10/h8-9H,3-7,10H2,1-2H3. The Hall–Kier alpha value is -0.130. The Morgan fingerprint density at radius 1 is 1.50 bits per heavy atom. The van der Waals surface area contributed by atoms with Gasteiger partial charge in [-0.15, -0.1) is 0 Å². The van der Waals surface area contributed by atoms with E-state index in [0.717, 1.165) is 12.8 Å². The lowest BCUT2D eigenvalue weighted by molar-refractivity contribution is 0.316. The molecule has 5 heteroatoms. The fourth-order valence-corrected chi connectivity index (χ4v) is 3.74. The third-order valence-electron chi connectivity index (χ3n) is 2.75. The van der Waals surface area contributed by atoms with Crippen molar-refractivity contribution in [1.29, 1.82) is 0 Å². The summed E-state index contributed by atoms with van der Waals surface area (Å²) in [4.78, 5) is 0. The Labute approximate surface area is 86.5 Å². The van der Waals surface area contributed by atoms with Gasteiger partial charge in [-0.25, -0.2) is 8.42 Å². The van der Waals surface area contributed by atoms with Gasteiger partial charge in [-0.1, -0.05) is 13.8 Å². The summed E-state index contributed by atoms with van der Waals surface area (Å²) in [5, 5.41) is 0. The Bertz CT molecular complexity index is 275. The molecule has 2 N–H and O–H groups in total. The van der Waals surface area contributed by atoms with Gasteiger partial charge in [-0.2, -0.15) is 4.31 Å². The molecular formula is C9H20N2O2S. The third-order valence-corrected chi connectivity index (χ3v) is 4.67. The highest BCUT2D eigenvalue weighted by molar-refractivity contribution is 7.89. The summed E-state index contributed by atoms with van der Waals surface area (Å²) >= 11 is 0. The van der Waals surface area contributed by atoms with Crippen molar-refractivity contribution < 1.29 is 8.42 Å². The zero-order valence-corrected chi connectivity index (χ0v) is 9.76. The van der Waals surface area contributed by atoms with Gasteiger partial charge < -0.3 is 5.73 Å². The highest BCUT2D eigenvalue weighted by Gasteiger charge is 2.34. The topological polar surface area (TPSA) is 63.4 Å². The molecule has 0 radical (unpaired) electrons. The quantitative estimate of drug-likeness (QED) is 0.745. The Kier molecular flexibility index (Phi) is 3.92. The molecule has 84 valence electrons. The summed E-state index contributed by atoms with van der Waals surface area (Å²) in [6.45, 7) is 5.02. The summed E-state index contributed by atoms with van der Waals surface area (Å²) in [7, 11) is -3.10. The molecule has 4 nitrogen and oxygen atoms in total. The van der Waals surface area contributed by atoms with Crippen LogP contribution in [0, 0.1) is 5.92 Å². The van der Waals surface area contributed by atoms with Gasteiger partial charge in [0.2, 0.25) is 10.0 Å². The maximum absolute atomic E-state index is 11.8. The van der Waals surface area contributed by atoms with E-state index in [1.54, 1.807) is 4.31 Å². The van der Waals surface area contributed by atoms with Crippen LogP contribution >= 0.6 is 0 Å². The number of hydrogen-bond acceptors (Lipinski definition) is 3. The second-order valence-electron chi connectivity index (χ2n) is 4.17. The summed E-state index contributed by atoms with van der Waals surface area (Å²) < 4.78 is 25.2. The van der Waals surface area contributed by atoms with E-state index in [-0.39, 0.29) is 18.3 Å². The van der Waals surface area contributed by atoms with Crippen LogP contribution in [0.25, 0.3) is 0 Å². The van der Waals surface area contributed by atoms with E-state index in [0.29, 0.717) is 12.5 Å². The Balaban J connectivity index is 2.76. The summed E-state index contributed by atoms with van der Waals surface area (Å²) in [5.41, 5.74) is 5.30. The molecule has 1 heterocycles. The van der Waals surface area contributed by atoms with Gasteiger partial charge in [0.15, 0.2) is 0 Å². The molecule has 0 spiro atoms. The van der Waals surface area contributed by atoms with Crippen molar-refractivity contribution >= 4 is 10.0 Å². The molecule has 1 rings (SSSR count). The van der Waals surface area contributed by atoms with Crippen LogP contribution < -0.4 is 5.73 Å². The van der Waals surface area contributed by atoms with E-state index in [4.69, 9.17) is 5.73 Å². The normalized spacial score (nSPS) is 24.7. The van der Waals surface area contributed by atoms with Gasteiger partial charge in [0, 0.05) is 19.1 Å². The number of sulfonamides is 1. The molecule has 0 amide bonds. The zero-order valence-electron chi connectivity index (χ0n) is 8.94. The molecule has 1 atom stereocenters. The number of rotatable bonds is 4. The van der Waals surface area contributed by atoms with Gasteiger partial charge in [0.05, 0.1) is 5.75 Å². The monoisotopic (exact) mass is 220 g/mol. The lowest BCUT2D eigenvalue weighted by Crippen LogP contribution is -2.41. The summed E-state index contributed by atoms with van der Waals surface area (Å²) in [6.07, 6.45) is 1.97. The fourth-order valence-electron chi connectivity index (χ4n) is 2.04. The van der Waals surface area contributed by atoms with Crippen molar-refractivity contribution in [3.8, 4) is 0 Å². The Morgan fingerprint density at radius 2 is 2.14 bits per heavy atom. The first-order valence-electron chi connectivity index (χ1n) is 5.18. The van der Waals surface area contributed by atoms with E-state index >= 15 is 0 Å². The average molecular weight is 220 g/mol. The van der Waals surface area contributed by atoms with E-state index in [9.17, 15) is 8.42 Å². The first kappa shape index (κ1) is 11.9. The summed E-state index contributed by atoms with van der Waals surface area (Å²) in [5.74, 6) is 0.473. The fraction of sp³-hybridized carbons (Fsp3) is 1.00. The maximum atomic E-state index is 11.8. The second-order valence-corrected chi connectivity index (χ2v) is 6.21. The SMILES string of the molecule is CC(C)C1CCCN1S(=O)(=O)CCN. The van der Waals surface area contributed by atoms with Crippen LogP contribution in [0.2, 0.25) is 0 Å². The lowest BCUT2D eigenvalue weighted by Gasteiger charge is -2.26. The van der Waals surface area contributed by atoms with Crippen LogP contribution in [0.3, 0.4) is 0 Å². The molecule has 1 saturated heterocycles. The van der Waals surface area contributed by atoms with Crippen LogP contribution in [0.4, 0.5) is 0 Å². The van der Waals surface area contributed by atoms with Gasteiger partial charge in [-0.05, 0) is 18.8 Å². The van der Waals surface area contributed by atoms with Crippen LogP contribution in [0.15, 0.2) is 0 Å². The van der Waals surface area contributed by atoms with Crippen molar-refractivity contribution in [3.63, 3.8) is 0 Å². The first-order chi connectivity index (χ1) is 6.49. The Morgan fingerprint density at radius 3 is 2.64 bits per heavy atom. The molecule has 1 aliphatic rings. The van der Waals surface area contributed by atoms with Crippen LogP contribution in [0.1, 0.15) is 26.7 Å². The van der Waals surface area contributed by atoms with Crippen molar-refractivity contribution in [2.45, 2.75) is 32.7 Å². The molecule has 0 aliphatic carbocycles. The molecule has 0 aromatic rings. The highest BCUT2D eigenvalue weighted by Crippen LogP contribution is 2.26.